The van der Waals surface area contributed by atoms with Gasteiger partial charge in [0.05, 0.1) is 17.1 Å². The number of ether oxygens (including phenoxy) is 1. The van der Waals surface area contributed by atoms with E-state index in [4.69, 9.17) is 16.2 Å². The van der Waals surface area contributed by atoms with Crippen LogP contribution in [0.15, 0.2) is 34.8 Å². The standard InChI is InChI=1S/C14H12BrFN2O2/c1-20-13-6-11(16)10(15)5-9(13)14(19)8-3-2-7(17)4-12(8)18/h2-6H,17-18H2,1H3. The number of benzene rings is 2. The van der Waals surface area contributed by atoms with E-state index >= 15 is 0 Å². The van der Waals surface area contributed by atoms with E-state index in [0.29, 0.717) is 5.69 Å². The summed E-state index contributed by atoms with van der Waals surface area (Å²) in [6, 6.07) is 7.12. The molecule has 0 fully saturated rings. The molecule has 0 spiro atoms. The molecule has 0 bridgehead atoms. The van der Waals surface area contributed by atoms with E-state index in [1.807, 2.05) is 0 Å². The minimum atomic E-state index is -0.510. The maximum Gasteiger partial charge on any atom is 0.198 e. The van der Waals surface area contributed by atoms with Crippen LogP contribution in [0.3, 0.4) is 0 Å². The van der Waals surface area contributed by atoms with Crippen LogP contribution in [0.2, 0.25) is 0 Å². The van der Waals surface area contributed by atoms with Crippen molar-refractivity contribution in [1.29, 1.82) is 0 Å². The Kier molecular flexibility index (Phi) is 3.94. The highest BCUT2D eigenvalue weighted by atomic mass is 79.9. The average molecular weight is 339 g/mol. The lowest BCUT2D eigenvalue weighted by Crippen LogP contribution is -2.08. The van der Waals surface area contributed by atoms with Gasteiger partial charge >= 0.3 is 0 Å². The quantitative estimate of drug-likeness (QED) is 0.666. The van der Waals surface area contributed by atoms with E-state index in [1.54, 1.807) is 6.07 Å². The van der Waals surface area contributed by atoms with Crippen LogP contribution < -0.4 is 16.2 Å². The van der Waals surface area contributed by atoms with Crippen molar-refractivity contribution < 1.29 is 13.9 Å². The molecular formula is C14H12BrFN2O2. The van der Waals surface area contributed by atoms with Crippen LogP contribution >= 0.6 is 15.9 Å². The molecule has 20 heavy (non-hydrogen) atoms. The van der Waals surface area contributed by atoms with Crippen molar-refractivity contribution >= 4 is 33.1 Å². The zero-order valence-corrected chi connectivity index (χ0v) is 12.2. The minimum Gasteiger partial charge on any atom is -0.496 e. The largest absolute Gasteiger partial charge is 0.496 e. The summed E-state index contributed by atoms with van der Waals surface area (Å²) in [5.41, 5.74) is 12.6. The number of rotatable bonds is 3. The number of ketones is 1. The number of carbonyl (C=O) groups is 1. The van der Waals surface area contributed by atoms with E-state index in [2.05, 4.69) is 15.9 Å². The number of anilines is 2. The van der Waals surface area contributed by atoms with E-state index < -0.39 is 5.82 Å². The Morgan fingerprint density at radius 1 is 1.20 bits per heavy atom. The fraction of sp³-hybridized carbons (Fsp3) is 0.0714. The molecule has 104 valence electrons. The highest BCUT2D eigenvalue weighted by Crippen LogP contribution is 2.30. The van der Waals surface area contributed by atoms with E-state index in [0.717, 1.165) is 6.07 Å². The summed E-state index contributed by atoms with van der Waals surface area (Å²) in [4.78, 5) is 12.5. The van der Waals surface area contributed by atoms with Gasteiger partial charge in [-0.2, -0.15) is 0 Å². The van der Waals surface area contributed by atoms with Gasteiger partial charge < -0.3 is 16.2 Å². The SMILES string of the molecule is COc1cc(F)c(Br)cc1C(=O)c1ccc(N)cc1N. The van der Waals surface area contributed by atoms with Crippen LogP contribution in [-0.4, -0.2) is 12.9 Å². The Bertz CT molecular complexity index is 689. The Balaban J connectivity index is 2.55. The van der Waals surface area contributed by atoms with Crippen molar-refractivity contribution in [3.63, 3.8) is 0 Å². The lowest BCUT2D eigenvalue weighted by molar-refractivity contribution is 0.103. The summed E-state index contributed by atoms with van der Waals surface area (Å²) in [6.07, 6.45) is 0. The van der Waals surface area contributed by atoms with Gasteiger partial charge in [0.1, 0.15) is 11.6 Å². The van der Waals surface area contributed by atoms with Gasteiger partial charge in [-0.15, -0.1) is 0 Å². The zero-order chi connectivity index (χ0) is 14.9. The van der Waals surface area contributed by atoms with Crippen LogP contribution in [0.1, 0.15) is 15.9 Å². The maximum absolute atomic E-state index is 13.5. The molecule has 2 rings (SSSR count). The Morgan fingerprint density at radius 2 is 1.90 bits per heavy atom. The summed E-state index contributed by atoms with van der Waals surface area (Å²) in [5, 5.41) is 0. The first-order valence-electron chi connectivity index (χ1n) is 5.66. The van der Waals surface area contributed by atoms with Gasteiger partial charge in [-0.05, 0) is 40.2 Å². The minimum absolute atomic E-state index is 0.145. The Hall–Kier alpha value is -2.08. The molecule has 2 aromatic carbocycles. The predicted molar refractivity (Wildman–Crippen MR) is 79.4 cm³/mol. The third-order valence-electron chi connectivity index (χ3n) is 2.81. The first-order chi connectivity index (χ1) is 9.43. The van der Waals surface area contributed by atoms with Crippen molar-refractivity contribution in [1.82, 2.24) is 0 Å². The molecule has 4 N–H and O–H groups in total. The van der Waals surface area contributed by atoms with Gasteiger partial charge in [0, 0.05) is 23.0 Å². The number of nitrogen functional groups attached to an aromatic ring is 2. The summed E-state index contributed by atoms with van der Waals surface area (Å²) in [5.74, 6) is -0.726. The van der Waals surface area contributed by atoms with Crippen molar-refractivity contribution in [2.24, 2.45) is 0 Å². The van der Waals surface area contributed by atoms with E-state index in [-0.39, 0.29) is 32.8 Å². The number of methoxy groups -OCH3 is 1. The second kappa shape index (κ2) is 5.50. The van der Waals surface area contributed by atoms with Gasteiger partial charge in [0.15, 0.2) is 5.78 Å². The molecule has 0 amide bonds. The number of hydrogen-bond donors (Lipinski definition) is 2. The number of hydrogen-bond acceptors (Lipinski definition) is 4. The number of carbonyl (C=O) groups excluding carboxylic acids is 1. The smallest absolute Gasteiger partial charge is 0.198 e. The zero-order valence-electron chi connectivity index (χ0n) is 10.6. The first kappa shape index (κ1) is 14.3. The van der Waals surface area contributed by atoms with Gasteiger partial charge in [-0.1, -0.05) is 0 Å². The van der Waals surface area contributed by atoms with Crippen molar-refractivity contribution in [2.75, 3.05) is 18.6 Å². The van der Waals surface area contributed by atoms with Gasteiger partial charge in [0.25, 0.3) is 0 Å². The van der Waals surface area contributed by atoms with Crippen LogP contribution in [0.4, 0.5) is 15.8 Å². The molecule has 0 heterocycles. The molecule has 0 saturated heterocycles. The monoisotopic (exact) mass is 338 g/mol. The second-order valence-electron chi connectivity index (χ2n) is 4.14. The first-order valence-corrected chi connectivity index (χ1v) is 6.46. The second-order valence-corrected chi connectivity index (χ2v) is 5.00. The third kappa shape index (κ3) is 2.60. The Morgan fingerprint density at radius 3 is 2.50 bits per heavy atom. The van der Waals surface area contributed by atoms with E-state index in [9.17, 15) is 9.18 Å². The fourth-order valence-electron chi connectivity index (χ4n) is 1.81. The summed E-state index contributed by atoms with van der Waals surface area (Å²) in [7, 11) is 1.37. The van der Waals surface area contributed by atoms with Crippen molar-refractivity contribution in [3.8, 4) is 5.75 Å². The topological polar surface area (TPSA) is 78.3 Å². The lowest BCUT2D eigenvalue weighted by atomic mass is 10.0. The fourth-order valence-corrected chi connectivity index (χ4v) is 2.15. The summed E-state index contributed by atoms with van der Waals surface area (Å²) in [6.45, 7) is 0. The van der Waals surface area contributed by atoms with Crippen LogP contribution in [0.5, 0.6) is 5.75 Å². The molecule has 0 unspecified atom stereocenters. The number of nitrogens with two attached hydrogens (primary N) is 2. The molecule has 2 aromatic rings. The summed E-state index contributed by atoms with van der Waals surface area (Å²) >= 11 is 3.05. The highest BCUT2D eigenvalue weighted by Gasteiger charge is 2.19. The lowest BCUT2D eigenvalue weighted by Gasteiger charge is -2.11. The molecule has 0 saturated carbocycles. The molecule has 0 aliphatic heterocycles. The maximum atomic E-state index is 13.5. The molecule has 6 heteroatoms. The number of halogens is 2. The Labute approximate surface area is 123 Å². The van der Waals surface area contributed by atoms with Crippen molar-refractivity contribution in [3.05, 3.63) is 51.7 Å². The molecule has 0 atom stereocenters. The molecule has 0 radical (unpaired) electrons. The highest BCUT2D eigenvalue weighted by molar-refractivity contribution is 9.10. The average Bonchev–Trinajstić information content (AvgIpc) is 2.40. The van der Waals surface area contributed by atoms with Crippen molar-refractivity contribution in [2.45, 2.75) is 0 Å². The molecule has 0 aliphatic carbocycles. The van der Waals surface area contributed by atoms with Gasteiger partial charge in [0.2, 0.25) is 0 Å². The molecule has 0 aliphatic rings. The van der Waals surface area contributed by atoms with Gasteiger partial charge in [-0.3, -0.25) is 4.79 Å². The van der Waals surface area contributed by atoms with Crippen LogP contribution in [0.25, 0.3) is 0 Å². The third-order valence-corrected chi connectivity index (χ3v) is 3.41. The molecule has 4 nitrogen and oxygen atoms in total. The van der Waals surface area contributed by atoms with Crippen LogP contribution in [-0.2, 0) is 0 Å². The van der Waals surface area contributed by atoms with Crippen LogP contribution in [0, 0.1) is 5.82 Å². The van der Waals surface area contributed by atoms with Gasteiger partial charge in [-0.25, -0.2) is 4.39 Å². The molecular weight excluding hydrogens is 327 g/mol. The normalized spacial score (nSPS) is 10.3. The van der Waals surface area contributed by atoms with E-state index in [1.165, 1.54) is 25.3 Å². The predicted octanol–water partition coefficient (Wildman–Crippen LogP) is 2.99. The molecule has 0 aromatic heterocycles. The summed E-state index contributed by atoms with van der Waals surface area (Å²) < 4.78 is 18.7.